The van der Waals surface area contributed by atoms with Crippen LogP contribution in [-0.2, 0) is 0 Å². The molecule has 0 aromatic heterocycles. The van der Waals surface area contributed by atoms with E-state index in [0.717, 1.165) is 11.6 Å². The number of carbonyl (C=O) groups is 1. The molecule has 110 valence electrons. The Kier molecular flexibility index (Phi) is 4.77. The Labute approximate surface area is 127 Å². The summed E-state index contributed by atoms with van der Waals surface area (Å²) in [7, 11) is 0. The molecule has 0 heterocycles. The number of urea groups is 1. The maximum Gasteiger partial charge on any atom is 0.323 e. The minimum absolute atomic E-state index is 0.124. The lowest BCUT2D eigenvalue weighted by Gasteiger charge is -2.11. The van der Waals surface area contributed by atoms with Crippen molar-refractivity contribution in [2.75, 3.05) is 10.6 Å². The molecule has 0 bridgehead atoms. The molecule has 0 fully saturated rings. The monoisotopic (exact) mass is 307 g/mol. The molecule has 4 nitrogen and oxygen atoms in total. The molecule has 2 aromatic carbocycles. The van der Waals surface area contributed by atoms with Crippen LogP contribution in [0.2, 0.25) is 5.02 Å². The molecule has 0 saturated carbocycles. The number of rotatable bonds is 3. The fourth-order valence-electron chi connectivity index (χ4n) is 1.78. The van der Waals surface area contributed by atoms with E-state index in [2.05, 4.69) is 10.6 Å². The van der Waals surface area contributed by atoms with Gasteiger partial charge in [-0.15, -0.1) is 0 Å². The van der Waals surface area contributed by atoms with Crippen LogP contribution in [0.5, 0.6) is 0 Å². The van der Waals surface area contributed by atoms with Gasteiger partial charge in [0, 0.05) is 11.7 Å². The first-order valence-corrected chi connectivity index (χ1v) is 6.72. The lowest BCUT2D eigenvalue weighted by molar-refractivity contribution is 0.262. The summed E-state index contributed by atoms with van der Waals surface area (Å²) in [5, 5.41) is 5.36. The first-order chi connectivity index (χ1) is 9.95. The summed E-state index contributed by atoms with van der Waals surface area (Å²) in [5.41, 5.74) is 7.64. The maximum atomic E-state index is 12.9. The second-order valence-corrected chi connectivity index (χ2v) is 5.02. The Hall–Kier alpha value is -2.11. The first-order valence-electron chi connectivity index (χ1n) is 6.34. The van der Waals surface area contributed by atoms with Crippen LogP contribution in [-0.4, -0.2) is 6.03 Å². The summed E-state index contributed by atoms with van der Waals surface area (Å²) in [6.45, 7) is 1.86. The molecule has 0 aliphatic rings. The lowest BCUT2D eigenvalue weighted by atomic mass is 10.1. The zero-order chi connectivity index (χ0) is 15.4. The normalized spacial score (nSPS) is 11.8. The van der Waals surface area contributed by atoms with E-state index in [0.29, 0.717) is 11.4 Å². The quantitative estimate of drug-likeness (QED) is 0.797. The number of amides is 2. The fraction of sp³-hybridized carbons (Fsp3) is 0.133. The molecule has 2 aromatic rings. The van der Waals surface area contributed by atoms with Gasteiger partial charge in [-0.3, -0.25) is 0 Å². The zero-order valence-electron chi connectivity index (χ0n) is 11.4. The molecule has 1 unspecified atom stereocenters. The van der Waals surface area contributed by atoms with Gasteiger partial charge in [0.25, 0.3) is 0 Å². The highest BCUT2D eigenvalue weighted by atomic mass is 35.5. The van der Waals surface area contributed by atoms with Gasteiger partial charge in [0.05, 0.1) is 10.7 Å². The van der Waals surface area contributed by atoms with Gasteiger partial charge in [0.1, 0.15) is 5.82 Å². The molecule has 4 N–H and O–H groups in total. The van der Waals surface area contributed by atoms with E-state index < -0.39 is 11.8 Å². The number of nitrogens with one attached hydrogen (secondary N) is 2. The Bertz CT molecular complexity index is 661. The van der Waals surface area contributed by atoms with E-state index in [1.165, 1.54) is 12.1 Å². The molecule has 0 aliphatic heterocycles. The van der Waals surface area contributed by atoms with Crippen molar-refractivity contribution >= 4 is 29.0 Å². The summed E-state index contributed by atoms with van der Waals surface area (Å²) in [4.78, 5) is 11.9. The van der Waals surface area contributed by atoms with Crippen LogP contribution in [0.4, 0.5) is 20.6 Å². The third kappa shape index (κ3) is 4.18. The molecule has 0 aliphatic carbocycles. The van der Waals surface area contributed by atoms with Gasteiger partial charge >= 0.3 is 6.03 Å². The van der Waals surface area contributed by atoms with Crippen LogP contribution >= 0.6 is 11.6 Å². The molecule has 6 heteroatoms. The molecule has 0 saturated heterocycles. The van der Waals surface area contributed by atoms with Crippen molar-refractivity contribution in [2.45, 2.75) is 13.0 Å². The molecule has 1 atom stereocenters. The Morgan fingerprint density at radius 2 is 2.00 bits per heavy atom. The number of anilines is 2. The Balaban J connectivity index is 2.06. The average molecular weight is 308 g/mol. The van der Waals surface area contributed by atoms with E-state index in [4.69, 9.17) is 17.3 Å². The third-order valence-corrected chi connectivity index (χ3v) is 3.16. The summed E-state index contributed by atoms with van der Waals surface area (Å²) in [6, 6.07) is 10.4. The van der Waals surface area contributed by atoms with Crippen molar-refractivity contribution in [3.8, 4) is 0 Å². The molecule has 0 radical (unpaired) electrons. The van der Waals surface area contributed by atoms with Crippen LogP contribution in [0.15, 0.2) is 42.5 Å². The van der Waals surface area contributed by atoms with E-state index >= 15 is 0 Å². The van der Waals surface area contributed by atoms with Gasteiger partial charge < -0.3 is 16.4 Å². The number of halogens is 2. The summed E-state index contributed by atoms with van der Waals surface area (Å²) in [6.07, 6.45) is 0. The van der Waals surface area contributed by atoms with Gasteiger partial charge in [-0.25, -0.2) is 9.18 Å². The SMILES string of the molecule is CC(N)c1cccc(NC(=O)Nc2ccc(F)cc2Cl)c1. The van der Waals surface area contributed by atoms with Crippen molar-refractivity contribution in [3.63, 3.8) is 0 Å². The highest BCUT2D eigenvalue weighted by Crippen LogP contribution is 2.23. The smallest absolute Gasteiger partial charge is 0.323 e. The van der Waals surface area contributed by atoms with Crippen molar-refractivity contribution in [1.82, 2.24) is 0 Å². The summed E-state index contributed by atoms with van der Waals surface area (Å²) < 4.78 is 12.9. The van der Waals surface area contributed by atoms with Crippen molar-refractivity contribution < 1.29 is 9.18 Å². The van der Waals surface area contributed by atoms with E-state index in [1.54, 1.807) is 18.2 Å². The molecule has 21 heavy (non-hydrogen) atoms. The summed E-state index contributed by atoms with van der Waals surface area (Å²) in [5.74, 6) is -0.462. The standard InChI is InChI=1S/C15H15ClFN3O/c1-9(18)10-3-2-4-12(7-10)19-15(21)20-14-6-5-11(17)8-13(14)16/h2-9H,18H2,1H3,(H2,19,20,21). The average Bonchev–Trinajstić information content (AvgIpc) is 2.42. The molecular formula is C15H15ClFN3O. The predicted molar refractivity (Wildman–Crippen MR) is 83.1 cm³/mol. The largest absolute Gasteiger partial charge is 0.324 e. The Morgan fingerprint density at radius 1 is 1.24 bits per heavy atom. The number of carbonyl (C=O) groups excluding carboxylic acids is 1. The lowest BCUT2D eigenvalue weighted by Crippen LogP contribution is -2.20. The number of nitrogens with two attached hydrogens (primary N) is 1. The molecule has 2 rings (SSSR count). The minimum Gasteiger partial charge on any atom is -0.324 e. The van der Waals surface area contributed by atoms with Crippen LogP contribution in [0.1, 0.15) is 18.5 Å². The second kappa shape index (κ2) is 6.56. The Morgan fingerprint density at radius 3 is 2.67 bits per heavy atom. The maximum absolute atomic E-state index is 12.9. The van der Waals surface area contributed by atoms with Gasteiger partial charge in [-0.1, -0.05) is 23.7 Å². The number of hydrogen-bond donors (Lipinski definition) is 3. The minimum atomic E-state index is -0.467. The highest BCUT2D eigenvalue weighted by Gasteiger charge is 2.08. The molecular weight excluding hydrogens is 293 g/mol. The first kappa shape index (κ1) is 15.3. The second-order valence-electron chi connectivity index (χ2n) is 4.62. The van der Waals surface area contributed by atoms with Gasteiger partial charge in [0.15, 0.2) is 0 Å². The van der Waals surface area contributed by atoms with Crippen LogP contribution in [0.25, 0.3) is 0 Å². The fourth-order valence-corrected chi connectivity index (χ4v) is 1.99. The van der Waals surface area contributed by atoms with Crippen LogP contribution in [0, 0.1) is 5.82 Å². The zero-order valence-corrected chi connectivity index (χ0v) is 12.1. The van der Waals surface area contributed by atoms with E-state index in [-0.39, 0.29) is 11.1 Å². The van der Waals surface area contributed by atoms with Crippen LogP contribution in [0.3, 0.4) is 0 Å². The van der Waals surface area contributed by atoms with Crippen molar-refractivity contribution in [2.24, 2.45) is 5.73 Å². The van der Waals surface area contributed by atoms with Crippen molar-refractivity contribution in [1.29, 1.82) is 0 Å². The van der Waals surface area contributed by atoms with Gasteiger partial charge in [-0.05, 0) is 42.8 Å². The number of benzene rings is 2. The van der Waals surface area contributed by atoms with Crippen LogP contribution < -0.4 is 16.4 Å². The molecule has 0 spiro atoms. The highest BCUT2D eigenvalue weighted by molar-refractivity contribution is 6.33. The topological polar surface area (TPSA) is 67.1 Å². The predicted octanol–water partition coefficient (Wildman–Crippen LogP) is 4.14. The number of hydrogen-bond acceptors (Lipinski definition) is 2. The third-order valence-electron chi connectivity index (χ3n) is 2.85. The molecule has 2 amide bonds. The van der Waals surface area contributed by atoms with E-state index in [9.17, 15) is 9.18 Å². The van der Waals surface area contributed by atoms with Crippen molar-refractivity contribution in [3.05, 3.63) is 58.9 Å². The van der Waals surface area contributed by atoms with E-state index in [1.807, 2.05) is 13.0 Å². The summed E-state index contributed by atoms with van der Waals surface area (Å²) >= 11 is 5.84. The van der Waals surface area contributed by atoms with Gasteiger partial charge in [0.2, 0.25) is 0 Å². The van der Waals surface area contributed by atoms with Gasteiger partial charge in [-0.2, -0.15) is 0 Å².